The van der Waals surface area contributed by atoms with Gasteiger partial charge in [0.15, 0.2) is 0 Å². The van der Waals surface area contributed by atoms with E-state index >= 15 is 0 Å². The van der Waals surface area contributed by atoms with E-state index in [-0.39, 0.29) is 0 Å². The molecule has 0 spiro atoms. The lowest BCUT2D eigenvalue weighted by molar-refractivity contribution is 0.0760. The summed E-state index contributed by atoms with van der Waals surface area (Å²) in [7, 11) is 2.26. The van der Waals surface area contributed by atoms with Crippen molar-refractivity contribution in [3.8, 4) is 22.3 Å². The number of nitrogens with one attached hydrogen (secondary N) is 2. The zero-order valence-corrected chi connectivity index (χ0v) is 19.5. The first-order chi connectivity index (χ1) is 16.7. The molecule has 2 N–H and O–H groups in total. The summed E-state index contributed by atoms with van der Waals surface area (Å²) in [4.78, 5) is 16.6. The van der Waals surface area contributed by atoms with Crippen LogP contribution < -0.4 is 0 Å². The van der Waals surface area contributed by atoms with Gasteiger partial charge in [0, 0.05) is 72.3 Å². The maximum absolute atomic E-state index is 4.73. The topological polar surface area (TPSA) is 50.9 Å². The summed E-state index contributed by atoms with van der Waals surface area (Å²) in [5.41, 5.74) is 8.25. The van der Waals surface area contributed by atoms with Crippen LogP contribution in [0.4, 0.5) is 0 Å². The highest BCUT2D eigenvalue weighted by Crippen LogP contribution is 2.34. The van der Waals surface area contributed by atoms with Crippen molar-refractivity contribution in [2.75, 3.05) is 20.1 Å². The summed E-state index contributed by atoms with van der Waals surface area (Å²) >= 11 is 0. The van der Waals surface area contributed by atoms with E-state index in [4.69, 9.17) is 4.98 Å². The number of likely N-dealkylation sites (tertiary alicyclic amines) is 1. The number of nitrogens with zero attached hydrogens (tertiary/aromatic N) is 3. The number of piperazine rings is 1. The molecule has 0 amide bonds. The lowest BCUT2D eigenvalue weighted by atomic mass is 10.0. The first-order valence-corrected chi connectivity index (χ1v) is 12.3. The third-order valence-electron chi connectivity index (χ3n) is 7.86. The highest BCUT2D eigenvalue weighted by atomic mass is 15.3. The summed E-state index contributed by atoms with van der Waals surface area (Å²) in [5, 5.41) is 2.38. The predicted molar refractivity (Wildman–Crippen MR) is 139 cm³/mol. The van der Waals surface area contributed by atoms with E-state index in [1.54, 1.807) is 0 Å². The molecule has 3 aromatic heterocycles. The second-order valence-corrected chi connectivity index (χ2v) is 10.1. The SMILES string of the molecule is CN1CC2CCC(C1)N2Cc1ccc(-c2cnc3[nH]cc(-c4ccc5[nH]ccc5c4)c3c2)cc1. The molecule has 0 saturated carbocycles. The standard InChI is InChI=1S/C29H29N5/c1-33-17-24-7-8-25(18-33)34(24)16-19-2-4-20(5-3-19)23-13-26-27(15-32-29(26)31-14-23)21-6-9-28-22(12-21)10-11-30-28/h2-6,9-15,24-25,30H,7-8,16-18H2,1H3,(H,31,32). The number of aromatic nitrogens is 3. The predicted octanol–water partition coefficient (Wildman–Crippen LogP) is 5.66. The number of hydrogen-bond acceptors (Lipinski definition) is 3. The molecule has 0 aliphatic carbocycles. The second-order valence-electron chi connectivity index (χ2n) is 10.1. The van der Waals surface area contributed by atoms with Gasteiger partial charge in [-0.05, 0) is 66.2 Å². The number of likely N-dealkylation sites (N-methyl/N-ethyl adjacent to an activating group) is 1. The minimum Gasteiger partial charge on any atom is -0.361 e. The molecule has 170 valence electrons. The van der Waals surface area contributed by atoms with Crippen LogP contribution in [0.25, 0.3) is 44.2 Å². The zero-order chi connectivity index (χ0) is 22.6. The average molecular weight is 448 g/mol. The van der Waals surface area contributed by atoms with Crippen LogP contribution in [0.2, 0.25) is 0 Å². The van der Waals surface area contributed by atoms with Crippen LogP contribution in [0, 0.1) is 0 Å². The molecule has 2 unspecified atom stereocenters. The van der Waals surface area contributed by atoms with E-state index in [0.717, 1.165) is 28.7 Å². The normalized spacial score (nSPS) is 21.1. The molecule has 5 heteroatoms. The van der Waals surface area contributed by atoms with Crippen molar-refractivity contribution in [3.63, 3.8) is 0 Å². The Morgan fingerprint density at radius 1 is 0.882 bits per heavy atom. The van der Waals surface area contributed by atoms with E-state index in [0.29, 0.717) is 12.1 Å². The van der Waals surface area contributed by atoms with E-state index in [9.17, 15) is 0 Å². The van der Waals surface area contributed by atoms with Crippen LogP contribution in [0.1, 0.15) is 18.4 Å². The molecule has 5 nitrogen and oxygen atoms in total. The van der Waals surface area contributed by atoms with E-state index in [2.05, 4.69) is 87.6 Å². The number of hydrogen-bond donors (Lipinski definition) is 2. The third-order valence-corrected chi connectivity index (χ3v) is 7.86. The largest absolute Gasteiger partial charge is 0.361 e. The molecular weight excluding hydrogens is 418 g/mol. The number of aromatic amines is 2. The molecule has 2 aliphatic heterocycles. The molecule has 34 heavy (non-hydrogen) atoms. The quantitative estimate of drug-likeness (QED) is 0.374. The first kappa shape index (κ1) is 20.0. The smallest absolute Gasteiger partial charge is 0.137 e. The summed E-state index contributed by atoms with van der Waals surface area (Å²) in [6, 6.07) is 21.5. The van der Waals surface area contributed by atoms with Gasteiger partial charge < -0.3 is 14.9 Å². The number of fused-ring (bicyclic) bond motifs is 4. The zero-order valence-electron chi connectivity index (χ0n) is 19.5. The van der Waals surface area contributed by atoms with E-state index in [1.165, 1.54) is 53.6 Å². The highest BCUT2D eigenvalue weighted by Gasteiger charge is 2.38. The minimum absolute atomic E-state index is 0.715. The summed E-state index contributed by atoms with van der Waals surface area (Å²) in [5.74, 6) is 0. The lowest BCUT2D eigenvalue weighted by Crippen LogP contribution is -2.51. The molecule has 5 heterocycles. The Balaban J connectivity index is 1.17. The van der Waals surface area contributed by atoms with Crippen LogP contribution in [0.5, 0.6) is 0 Å². The molecule has 7 rings (SSSR count). The molecule has 2 saturated heterocycles. The van der Waals surface area contributed by atoms with Gasteiger partial charge in [0.25, 0.3) is 0 Å². The third kappa shape index (κ3) is 3.35. The van der Waals surface area contributed by atoms with Crippen LogP contribution in [0.15, 0.2) is 73.2 Å². The average Bonchev–Trinajstić information content (AvgIpc) is 3.55. The van der Waals surface area contributed by atoms with Crippen molar-refractivity contribution in [1.82, 2.24) is 24.8 Å². The number of H-pyrrole nitrogens is 2. The van der Waals surface area contributed by atoms with Crippen molar-refractivity contribution < 1.29 is 0 Å². The Morgan fingerprint density at radius 2 is 1.68 bits per heavy atom. The number of rotatable bonds is 4. The van der Waals surface area contributed by atoms with Gasteiger partial charge in [-0.15, -0.1) is 0 Å². The van der Waals surface area contributed by atoms with Gasteiger partial charge in [-0.3, -0.25) is 4.90 Å². The van der Waals surface area contributed by atoms with Crippen molar-refractivity contribution in [2.45, 2.75) is 31.5 Å². The monoisotopic (exact) mass is 447 g/mol. The molecule has 0 radical (unpaired) electrons. The molecule has 2 atom stereocenters. The molecular formula is C29H29N5. The van der Waals surface area contributed by atoms with Gasteiger partial charge in [-0.25, -0.2) is 4.98 Å². The first-order valence-electron chi connectivity index (χ1n) is 12.3. The summed E-state index contributed by atoms with van der Waals surface area (Å²) in [6.45, 7) is 3.47. The van der Waals surface area contributed by atoms with Gasteiger partial charge in [-0.2, -0.15) is 0 Å². The van der Waals surface area contributed by atoms with Crippen molar-refractivity contribution >= 4 is 21.9 Å². The van der Waals surface area contributed by atoms with Crippen LogP contribution >= 0.6 is 0 Å². The van der Waals surface area contributed by atoms with Crippen molar-refractivity contribution in [3.05, 3.63) is 78.8 Å². The Kier molecular flexibility index (Phi) is 4.61. The van der Waals surface area contributed by atoms with Crippen LogP contribution in [0.3, 0.4) is 0 Å². The van der Waals surface area contributed by atoms with Gasteiger partial charge in [0.2, 0.25) is 0 Å². The van der Waals surface area contributed by atoms with Gasteiger partial charge in [-0.1, -0.05) is 30.3 Å². The molecule has 2 aliphatic rings. The highest BCUT2D eigenvalue weighted by molar-refractivity contribution is 5.98. The summed E-state index contributed by atoms with van der Waals surface area (Å²) in [6.07, 6.45) is 8.72. The Morgan fingerprint density at radius 3 is 2.50 bits per heavy atom. The van der Waals surface area contributed by atoms with E-state index < -0.39 is 0 Å². The Bertz CT molecular complexity index is 1460. The summed E-state index contributed by atoms with van der Waals surface area (Å²) < 4.78 is 0. The maximum Gasteiger partial charge on any atom is 0.137 e. The van der Waals surface area contributed by atoms with E-state index in [1.807, 2.05) is 12.4 Å². The Labute approximate surface area is 199 Å². The van der Waals surface area contributed by atoms with Crippen LogP contribution in [-0.2, 0) is 6.54 Å². The number of pyridine rings is 1. The fourth-order valence-corrected chi connectivity index (χ4v) is 6.09. The van der Waals surface area contributed by atoms with Gasteiger partial charge >= 0.3 is 0 Å². The molecule has 2 fully saturated rings. The fourth-order valence-electron chi connectivity index (χ4n) is 6.09. The number of benzene rings is 2. The molecule has 5 aromatic rings. The maximum atomic E-state index is 4.73. The Hall–Kier alpha value is -3.41. The second kappa shape index (κ2) is 7.83. The molecule has 2 bridgehead atoms. The van der Waals surface area contributed by atoms with Gasteiger partial charge in [0.05, 0.1) is 0 Å². The lowest BCUT2D eigenvalue weighted by Gasteiger charge is -2.39. The van der Waals surface area contributed by atoms with Crippen LogP contribution in [-0.4, -0.2) is 57.0 Å². The van der Waals surface area contributed by atoms with Crippen molar-refractivity contribution in [2.24, 2.45) is 0 Å². The van der Waals surface area contributed by atoms with Gasteiger partial charge in [0.1, 0.15) is 5.65 Å². The minimum atomic E-state index is 0.715. The molecule has 2 aromatic carbocycles. The fraction of sp³-hybridized carbons (Fsp3) is 0.276. The van der Waals surface area contributed by atoms with Crippen molar-refractivity contribution in [1.29, 1.82) is 0 Å².